The minimum Gasteiger partial charge on any atom is -0.469 e. The van der Waals surface area contributed by atoms with Crippen LogP contribution in [0.15, 0.2) is 34.8 Å². The second-order valence-corrected chi connectivity index (χ2v) is 5.05. The zero-order valence-corrected chi connectivity index (χ0v) is 12.1. The van der Waals surface area contributed by atoms with Gasteiger partial charge in [0.2, 0.25) is 0 Å². The fraction of sp³-hybridized carbons (Fsp3) is 0.200. The van der Waals surface area contributed by atoms with Crippen LogP contribution in [0.1, 0.15) is 24.0 Å². The van der Waals surface area contributed by atoms with E-state index < -0.39 is 5.97 Å². The maximum absolute atomic E-state index is 11.8. The molecule has 0 saturated carbocycles. The maximum atomic E-state index is 11.8. The third-order valence-electron chi connectivity index (χ3n) is 2.90. The van der Waals surface area contributed by atoms with Gasteiger partial charge in [-0.05, 0) is 35.3 Å². The first kappa shape index (κ1) is 13.7. The van der Waals surface area contributed by atoms with Gasteiger partial charge in [-0.2, -0.15) is 0 Å². The first-order valence-electron chi connectivity index (χ1n) is 5.87. The summed E-state index contributed by atoms with van der Waals surface area (Å²) in [4.78, 5) is 22.8. The summed E-state index contributed by atoms with van der Waals surface area (Å²) in [5, 5.41) is 0. The molecule has 0 bridgehead atoms. The molecule has 3 nitrogen and oxygen atoms in total. The highest BCUT2D eigenvalue weighted by Crippen LogP contribution is 2.33. The Morgan fingerprint density at radius 2 is 2.21 bits per heavy atom. The number of halogens is 1. The molecule has 0 aliphatic heterocycles. The van der Waals surface area contributed by atoms with Crippen molar-refractivity contribution in [1.82, 2.24) is 0 Å². The molecule has 0 radical (unpaired) electrons. The van der Waals surface area contributed by atoms with Crippen molar-refractivity contribution in [1.29, 1.82) is 0 Å². The topological polar surface area (TPSA) is 43.4 Å². The molecule has 1 aromatic rings. The second-order valence-electron chi connectivity index (χ2n) is 4.20. The lowest BCUT2D eigenvalue weighted by atomic mass is 9.91. The average molecular weight is 321 g/mol. The highest BCUT2D eigenvalue weighted by atomic mass is 79.9. The number of hydrogen-bond donors (Lipinski definition) is 0. The average Bonchev–Trinajstić information content (AvgIpc) is 2.39. The van der Waals surface area contributed by atoms with Gasteiger partial charge >= 0.3 is 5.97 Å². The fourth-order valence-electron chi connectivity index (χ4n) is 2.00. The highest BCUT2D eigenvalue weighted by molar-refractivity contribution is 9.10. The molecule has 19 heavy (non-hydrogen) atoms. The molecule has 1 aromatic carbocycles. The predicted molar refractivity (Wildman–Crippen MR) is 77.4 cm³/mol. The van der Waals surface area contributed by atoms with Crippen LogP contribution in [0.25, 0.3) is 11.6 Å². The summed E-state index contributed by atoms with van der Waals surface area (Å²) in [5.74, 6) is -0.745. The Kier molecular flexibility index (Phi) is 4.32. The van der Waals surface area contributed by atoms with E-state index in [1.165, 1.54) is 13.2 Å². The van der Waals surface area contributed by atoms with Crippen LogP contribution in [0.2, 0.25) is 0 Å². The first-order valence-corrected chi connectivity index (χ1v) is 6.66. The van der Waals surface area contributed by atoms with Gasteiger partial charge in [0, 0.05) is 4.47 Å². The van der Waals surface area contributed by atoms with Crippen LogP contribution in [-0.4, -0.2) is 18.9 Å². The number of rotatable bonds is 3. The van der Waals surface area contributed by atoms with Gasteiger partial charge in [0.15, 0.2) is 5.78 Å². The number of ether oxygens (including phenoxy) is 1. The molecule has 0 spiro atoms. The Morgan fingerprint density at radius 3 is 2.95 bits per heavy atom. The first-order chi connectivity index (χ1) is 9.11. The largest absolute Gasteiger partial charge is 0.469 e. The standard InChI is InChI=1S/C15H13BrO3/c1-19-15(18)9-11(17)8-10-4-2-6-13-12(10)5-3-7-14(13)16/h2-3,5-8H,4,9H2,1H3. The van der Waals surface area contributed by atoms with Gasteiger partial charge in [0.1, 0.15) is 6.42 Å². The SMILES string of the molecule is COC(=O)CC(=O)C=C1CC=Cc2c(Br)cccc21. The number of fused-ring (bicyclic) bond motifs is 1. The van der Waals surface area contributed by atoms with Crippen molar-refractivity contribution < 1.29 is 14.3 Å². The summed E-state index contributed by atoms with van der Waals surface area (Å²) in [6.07, 6.45) is 6.04. The molecule has 0 atom stereocenters. The summed E-state index contributed by atoms with van der Waals surface area (Å²) >= 11 is 3.49. The van der Waals surface area contributed by atoms with Crippen LogP contribution in [0.4, 0.5) is 0 Å². The maximum Gasteiger partial charge on any atom is 0.313 e. The summed E-state index contributed by atoms with van der Waals surface area (Å²) in [7, 11) is 1.28. The van der Waals surface area contributed by atoms with Crippen LogP contribution in [0, 0.1) is 0 Å². The molecular formula is C15H13BrO3. The number of allylic oxidation sites excluding steroid dienone is 3. The zero-order valence-electron chi connectivity index (χ0n) is 10.5. The molecule has 0 fully saturated rings. The quantitative estimate of drug-likeness (QED) is 0.487. The molecule has 0 heterocycles. The second kappa shape index (κ2) is 5.97. The molecule has 0 amide bonds. The summed E-state index contributed by atoms with van der Waals surface area (Å²) in [5.41, 5.74) is 3.01. The Bertz CT molecular complexity index is 585. The van der Waals surface area contributed by atoms with E-state index in [2.05, 4.69) is 20.7 Å². The van der Waals surface area contributed by atoms with Crippen LogP contribution in [0.3, 0.4) is 0 Å². The lowest BCUT2D eigenvalue weighted by Gasteiger charge is -2.15. The van der Waals surface area contributed by atoms with Crippen LogP contribution < -0.4 is 0 Å². The van der Waals surface area contributed by atoms with Crippen molar-refractivity contribution in [3.05, 3.63) is 46.0 Å². The third-order valence-corrected chi connectivity index (χ3v) is 3.59. The Morgan fingerprint density at radius 1 is 1.42 bits per heavy atom. The van der Waals surface area contributed by atoms with E-state index in [-0.39, 0.29) is 12.2 Å². The Hall–Kier alpha value is -1.68. The molecule has 0 unspecified atom stereocenters. The Balaban J connectivity index is 2.29. The van der Waals surface area contributed by atoms with E-state index in [1.807, 2.05) is 30.4 Å². The summed E-state index contributed by atoms with van der Waals surface area (Å²) in [6, 6.07) is 5.87. The molecule has 98 valence electrons. The van der Waals surface area contributed by atoms with Crippen molar-refractivity contribution in [2.45, 2.75) is 12.8 Å². The predicted octanol–water partition coefficient (Wildman–Crippen LogP) is 3.38. The molecular weight excluding hydrogens is 308 g/mol. The van der Waals surface area contributed by atoms with E-state index in [4.69, 9.17) is 0 Å². The van der Waals surface area contributed by atoms with Gasteiger partial charge in [0.05, 0.1) is 7.11 Å². The summed E-state index contributed by atoms with van der Waals surface area (Å²) in [6.45, 7) is 0. The smallest absolute Gasteiger partial charge is 0.313 e. The van der Waals surface area contributed by atoms with Crippen molar-refractivity contribution in [2.75, 3.05) is 7.11 Å². The molecule has 4 heteroatoms. The minimum atomic E-state index is -0.511. The number of carbonyl (C=O) groups excluding carboxylic acids is 2. The fourth-order valence-corrected chi connectivity index (χ4v) is 2.49. The van der Waals surface area contributed by atoms with E-state index in [0.717, 1.165) is 21.2 Å². The molecule has 1 aliphatic rings. The van der Waals surface area contributed by atoms with E-state index in [9.17, 15) is 9.59 Å². The van der Waals surface area contributed by atoms with Crippen LogP contribution in [0.5, 0.6) is 0 Å². The molecule has 2 rings (SSSR count). The van der Waals surface area contributed by atoms with Gasteiger partial charge in [-0.15, -0.1) is 0 Å². The number of methoxy groups -OCH3 is 1. The van der Waals surface area contributed by atoms with Crippen molar-refractivity contribution in [3.63, 3.8) is 0 Å². The van der Waals surface area contributed by atoms with Crippen molar-refractivity contribution in [2.24, 2.45) is 0 Å². The number of benzene rings is 1. The monoisotopic (exact) mass is 320 g/mol. The normalized spacial score (nSPS) is 15.2. The molecule has 0 saturated heterocycles. The van der Waals surface area contributed by atoms with E-state index in [1.54, 1.807) is 0 Å². The molecule has 0 aromatic heterocycles. The van der Waals surface area contributed by atoms with Gasteiger partial charge < -0.3 is 4.74 Å². The third kappa shape index (κ3) is 3.20. The summed E-state index contributed by atoms with van der Waals surface area (Å²) < 4.78 is 5.48. The Labute approximate surface area is 120 Å². The van der Waals surface area contributed by atoms with Crippen molar-refractivity contribution in [3.8, 4) is 0 Å². The van der Waals surface area contributed by atoms with Gasteiger partial charge in [-0.1, -0.05) is 40.2 Å². The molecule has 0 N–H and O–H groups in total. The van der Waals surface area contributed by atoms with E-state index >= 15 is 0 Å². The van der Waals surface area contributed by atoms with E-state index in [0.29, 0.717) is 6.42 Å². The van der Waals surface area contributed by atoms with Gasteiger partial charge in [-0.3, -0.25) is 9.59 Å². The minimum absolute atomic E-state index is 0.215. The van der Waals surface area contributed by atoms with Crippen LogP contribution >= 0.6 is 15.9 Å². The van der Waals surface area contributed by atoms with Gasteiger partial charge in [0.25, 0.3) is 0 Å². The number of hydrogen-bond acceptors (Lipinski definition) is 3. The number of carbonyl (C=O) groups is 2. The number of ketones is 1. The highest BCUT2D eigenvalue weighted by Gasteiger charge is 2.14. The zero-order chi connectivity index (χ0) is 13.8. The lowest BCUT2D eigenvalue weighted by Crippen LogP contribution is -2.08. The lowest BCUT2D eigenvalue weighted by molar-refractivity contribution is -0.142. The van der Waals surface area contributed by atoms with Crippen molar-refractivity contribution >= 4 is 39.3 Å². The van der Waals surface area contributed by atoms with Gasteiger partial charge in [-0.25, -0.2) is 0 Å². The number of esters is 1. The molecule has 1 aliphatic carbocycles. The van der Waals surface area contributed by atoms with Crippen LogP contribution in [-0.2, 0) is 14.3 Å².